The molecule has 4 rings (SSSR count). The van der Waals surface area contributed by atoms with Crippen LogP contribution in [0, 0.1) is 13.8 Å². The van der Waals surface area contributed by atoms with Crippen molar-refractivity contribution in [1.82, 2.24) is 19.3 Å². The number of alkyl halides is 3. The minimum absolute atomic E-state index is 0.0331. The molecule has 0 saturated carbocycles. The fourth-order valence-electron chi connectivity index (χ4n) is 3.45. The molecule has 3 aromatic heterocycles. The zero-order valence-corrected chi connectivity index (χ0v) is 15.9. The van der Waals surface area contributed by atoms with E-state index in [0.29, 0.717) is 23.4 Å². The molecule has 0 aliphatic rings. The van der Waals surface area contributed by atoms with Crippen molar-refractivity contribution >= 4 is 11.0 Å². The first-order valence-electron chi connectivity index (χ1n) is 8.83. The number of halogens is 3. The lowest BCUT2D eigenvalue weighted by atomic mass is 10.1. The third kappa shape index (κ3) is 3.22. The summed E-state index contributed by atoms with van der Waals surface area (Å²) in [6.07, 6.45) is -4.66. The topological polar surface area (TPSA) is 65.8 Å². The maximum absolute atomic E-state index is 13.5. The van der Waals surface area contributed by atoms with Crippen LogP contribution in [0.5, 0.6) is 0 Å². The molecule has 29 heavy (non-hydrogen) atoms. The third-order valence-corrected chi connectivity index (χ3v) is 4.78. The van der Waals surface area contributed by atoms with Crippen molar-refractivity contribution < 1.29 is 17.6 Å². The van der Waals surface area contributed by atoms with E-state index in [1.54, 1.807) is 6.92 Å². The Kier molecular flexibility index (Phi) is 4.33. The van der Waals surface area contributed by atoms with Gasteiger partial charge in [-0.05, 0) is 26.0 Å². The maximum Gasteiger partial charge on any atom is 0.417 e. The van der Waals surface area contributed by atoms with Gasteiger partial charge < -0.3 is 4.42 Å². The molecule has 0 fully saturated rings. The normalized spacial score (nSPS) is 12.1. The third-order valence-electron chi connectivity index (χ3n) is 4.78. The van der Waals surface area contributed by atoms with Gasteiger partial charge in [0, 0.05) is 18.7 Å². The number of benzene rings is 1. The summed E-state index contributed by atoms with van der Waals surface area (Å²) in [5.41, 5.74) is -0.247. The van der Waals surface area contributed by atoms with Crippen molar-refractivity contribution in [1.29, 1.82) is 0 Å². The largest absolute Gasteiger partial charge is 0.441 e. The Bertz CT molecular complexity index is 1270. The zero-order chi connectivity index (χ0) is 20.9. The predicted octanol–water partition coefficient (Wildman–Crippen LogP) is 4.07. The summed E-state index contributed by atoms with van der Waals surface area (Å²) in [5, 5.41) is 4.00. The van der Waals surface area contributed by atoms with Crippen LogP contribution in [0.1, 0.15) is 22.7 Å². The monoisotopic (exact) mass is 402 g/mol. The van der Waals surface area contributed by atoms with Crippen LogP contribution in [0.4, 0.5) is 13.2 Å². The Morgan fingerprint density at radius 1 is 1.14 bits per heavy atom. The molecular weight excluding hydrogens is 385 g/mol. The molecule has 0 amide bonds. The first-order valence-corrected chi connectivity index (χ1v) is 8.83. The maximum atomic E-state index is 13.5. The van der Waals surface area contributed by atoms with Gasteiger partial charge >= 0.3 is 6.18 Å². The number of fused-ring (bicyclic) bond motifs is 1. The molecule has 150 valence electrons. The molecule has 0 bridgehead atoms. The molecular formula is C20H17F3N4O2. The Balaban J connectivity index is 1.88. The lowest BCUT2D eigenvalue weighted by Crippen LogP contribution is -2.25. The SMILES string of the molecule is Cc1oc(-c2ccccc2)nc1Cn1c(=O)cc(C(F)(F)F)c2c(C)nn(C)c21. The lowest BCUT2D eigenvalue weighted by molar-refractivity contribution is -0.136. The van der Waals surface area contributed by atoms with Gasteiger partial charge in [-0.25, -0.2) is 4.98 Å². The van der Waals surface area contributed by atoms with E-state index in [1.807, 2.05) is 30.3 Å². The summed E-state index contributed by atoms with van der Waals surface area (Å²) in [6.45, 7) is 3.16. The van der Waals surface area contributed by atoms with E-state index < -0.39 is 17.3 Å². The van der Waals surface area contributed by atoms with E-state index in [9.17, 15) is 18.0 Å². The summed E-state index contributed by atoms with van der Waals surface area (Å²) in [4.78, 5) is 17.1. The minimum atomic E-state index is -4.66. The van der Waals surface area contributed by atoms with E-state index in [0.717, 1.165) is 5.56 Å². The van der Waals surface area contributed by atoms with Crippen LogP contribution in [0.15, 0.2) is 45.6 Å². The van der Waals surface area contributed by atoms with E-state index >= 15 is 0 Å². The van der Waals surface area contributed by atoms with E-state index in [4.69, 9.17) is 4.42 Å². The molecule has 1 aromatic carbocycles. The Morgan fingerprint density at radius 2 is 1.83 bits per heavy atom. The number of aromatic nitrogens is 4. The summed E-state index contributed by atoms with van der Waals surface area (Å²) < 4.78 is 48.7. The summed E-state index contributed by atoms with van der Waals surface area (Å²) >= 11 is 0. The standard InChI is InChI=1S/C20H17F3N4O2/c1-11-17-14(20(21,22)23)9-16(28)27(19(17)26(3)25-11)10-15-12(2)29-18(24-15)13-7-5-4-6-8-13/h4-9H,10H2,1-3H3. The minimum Gasteiger partial charge on any atom is -0.441 e. The second-order valence-electron chi connectivity index (χ2n) is 6.78. The fraction of sp³-hybridized carbons (Fsp3) is 0.250. The van der Waals surface area contributed by atoms with E-state index in [1.165, 1.54) is 23.2 Å². The number of rotatable bonds is 3. The van der Waals surface area contributed by atoms with Crippen LogP contribution in [0.25, 0.3) is 22.5 Å². The first-order chi connectivity index (χ1) is 13.7. The molecule has 0 radical (unpaired) electrons. The van der Waals surface area contributed by atoms with Crippen molar-refractivity contribution in [3.63, 3.8) is 0 Å². The van der Waals surface area contributed by atoms with Crippen LogP contribution < -0.4 is 5.56 Å². The molecule has 6 nitrogen and oxygen atoms in total. The summed E-state index contributed by atoms with van der Waals surface area (Å²) in [5.74, 6) is 0.873. The molecule has 0 unspecified atom stereocenters. The fourth-order valence-corrected chi connectivity index (χ4v) is 3.45. The highest BCUT2D eigenvalue weighted by molar-refractivity contribution is 5.83. The van der Waals surface area contributed by atoms with Gasteiger partial charge in [-0.1, -0.05) is 18.2 Å². The molecule has 9 heteroatoms. The van der Waals surface area contributed by atoms with Gasteiger partial charge in [-0.3, -0.25) is 14.0 Å². The summed E-state index contributed by atoms with van der Waals surface area (Å²) in [7, 11) is 1.51. The number of hydrogen-bond donors (Lipinski definition) is 0. The van der Waals surface area contributed by atoms with Crippen molar-refractivity contribution in [2.24, 2.45) is 7.05 Å². The molecule has 3 heterocycles. The Morgan fingerprint density at radius 3 is 2.48 bits per heavy atom. The lowest BCUT2D eigenvalue weighted by Gasteiger charge is -2.13. The Hall–Kier alpha value is -3.36. The van der Waals surface area contributed by atoms with Gasteiger partial charge in [0.25, 0.3) is 5.56 Å². The quantitative estimate of drug-likeness (QED) is 0.518. The van der Waals surface area contributed by atoms with Gasteiger partial charge in [-0.15, -0.1) is 0 Å². The van der Waals surface area contributed by atoms with Gasteiger partial charge in [0.1, 0.15) is 17.1 Å². The van der Waals surface area contributed by atoms with Crippen LogP contribution >= 0.6 is 0 Å². The number of nitrogens with zero attached hydrogens (tertiary/aromatic N) is 4. The highest BCUT2D eigenvalue weighted by Crippen LogP contribution is 2.35. The second kappa shape index (κ2) is 6.61. The predicted molar refractivity (Wildman–Crippen MR) is 100 cm³/mol. The average Bonchev–Trinajstić information content (AvgIpc) is 3.16. The highest BCUT2D eigenvalue weighted by Gasteiger charge is 2.36. The van der Waals surface area contributed by atoms with Gasteiger partial charge in [-0.2, -0.15) is 18.3 Å². The number of aryl methyl sites for hydroxylation is 3. The molecule has 0 aliphatic heterocycles. The summed E-state index contributed by atoms with van der Waals surface area (Å²) in [6, 6.07) is 9.84. The smallest absolute Gasteiger partial charge is 0.417 e. The van der Waals surface area contributed by atoms with Crippen molar-refractivity contribution in [2.45, 2.75) is 26.6 Å². The van der Waals surface area contributed by atoms with E-state index in [2.05, 4.69) is 10.1 Å². The highest BCUT2D eigenvalue weighted by atomic mass is 19.4. The number of oxazole rings is 1. The van der Waals surface area contributed by atoms with Crippen molar-refractivity contribution in [3.05, 3.63) is 69.5 Å². The second-order valence-corrected chi connectivity index (χ2v) is 6.78. The molecule has 0 spiro atoms. The zero-order valence-electron chi connectivity index (χ0n) is 15.9. The van der Waals surface area contributed by atoms with Crippen LogP contribution in [-0.4, -0.2) is 19.3 Å². The van der Waals surface area contributed by atoms with Crippen molar-refractivity contribution in [3.8, 4) is 11.5 Å². The van der Waals surface area contributed by atoms with Gasteiger partial charge in [0.2, 0.25) is 5.89 Å². The van der Waals surface area contributed by atoms with Crippen molar-refractivity contribution in [2.75, 3.05) is 0 Å². The molecule has 0 aliphatic carbocycles. The first kappa shape index (κ1) is 19.0. The average molecular weight is 402 g/mol. The van der Waals surface area contributed by atoms with Gasteiger partial charge in [0.05, 0.1) is 23.2 Å². The molecule has 0 N–H and O–H groups in total. The molecule has 0 saturated heterocycles. The number of hydrogen-bond acceptors (Lipinski definition) is 4. The van der Waals surface area contributed by atoms with Gasteiger partial charge in [0.15, 0.2) is 0 Å². The molecule has 4 aromatic rings. The van der Waals surface area contributed by atoms with Crippen LogP contribution in [0.3, 0.4) is 0 Å². The van der Waals surface area contributed by atoms with Crippen LogP contribution in [0.2, 0.25) is 0 Å². The van der Waals surface area contributed by atoms with E-state index in [-0.39, 0.29) is 23.3 Å². The van der Waals surface area contributed by atoms with Crippen LogP contribution in [-0.2, 0) is 19.8 Å². The Labute approximate surface area is 163 Å². The number of pyridine rings is 1. The molecule has 0 atom stereocenters.